The molecular weight excluding hydrogens is 308 g/mol. The molecule has 2 aliphatic heterocycles. The third kappa shape index (κ3) is 3.40. The Labute approximate surface area is 142 Å². The molecule has 1 aromatic heterocycles. The number of amides is 3. The third-order valence-corrected chi connectivity index (χ3v) is 4.81. The molecule has 3 heterocycles. The van der Waals surface area contributed by atoms with Crippen LogP contribution in [0.1, 0.15) is 26.0 Å². The van der Waals surface area contributed by atoms with E-state index in [0.29, 0.717) is 19.6 Å². The summed E-state index contributed by atoms with van der Waals surface area (Å²) in [7, 11) is 1.99. The van der Waals surface area contributed by atoms with Crippen molar-refractivity contribution in [3.05, 3.63) is 24.2 Å². The lowest BCUT2D eigenvalue weighted by Gasteiger charge is -2.47. The fraction of sp³-hybridized carbons (Fsp3) is 0.647. The van der Waals surface area contributed by atoms with E-state index in [0.717, 1.165) is 18.7 Å². The summed E-state index contributed by atoms with van der Waals surface area (Å²) in [5.41, 5.74) is 0.0513. The van der Waals surface area contributed by atoms with Crippen LogP contribution in [0.4, 0.5) is 4.79 Å². The number of nitrogens with zero attached hydrogens (tertiary/aromatic N) is 2. The number of hydrogen-bond donors (Lipinski definition) is 2. The van der Waals surface area contributed by atoms with Crippen molar-refractivity contribution in [1.82, 2.24) is 20.4 Å². The molecule has 1 atom stereocenters. The number of likely N-dealkylation sites (tertiary alicyclic amines) is 2. The van der Waals surface area contributed by atoms with Gasteiger partial charge in [0.15, 0.2) is 0 Å². The van der Waals surface area contributed by atoms with Gasteiger partial charge in [-0.1, -0.05) is 0 Å². The predicted molar refractivity (Wildman–Crippen MR) is 89.3 cm³/mol. The SMILES string of the molecule is CC(C)NC(=O)[C@@H]1CC2(CN(C(=O)NCc3ccco3)C2)CN1C. The average molecular weight is 334 g/mol. The third-order valence-electron chi connectivity index (χ3n) is 4.81. The second-order valence-electron chi connectivity index (χ2n) is 7.39. The van der Waals surface area contributed by atoms with Gasteiger partial charge in [-0.25, -0.2) is 4.79 Å². The van der Waals surface area contributed by atoms with Gasteiger partial charge in [-0.3, -0.25) is 9.69 Å². The number of rotatable bonds is 4. The maximum absolute atomic E-state index is 12.3. The summed E-state index contributed by atoms with van der Waals surface area (Å²) in [4.78, 5) is 28.4. The van der Waals surface area contributed by atoms with Crippen LogP contribution in [0.3, 0.4) is 0 Å². The molecular formula is C17H26N4O3. The van der Waals surface area contributed by atoms with Crippen LogP contribution in [0.15, 0.2) is 22.8 Å². The van der Waals surface area contributed by atoms with Gasteiger partial charge in [0, 0.05) is 31.1 Å². The van der Waals surface area contributed by atoms with Crippen molar-refractivity contribution in [1.29, 1.82) is 0 Å². The van der Waals surface area contributed by atoms with Gasteiger partial charge in [-0.15, -0.1) is 0 Å². The van der Waals surface area contributed by atoms with Crippen LogP contribution in [0.5, 0.6) is 0 Å². The van der Waals surface area contributed by atoms with E-state index in [1.165, 1.54) is 0 Å². The van der Waals surface area contributed by atoms with Crippen molar-refractivity contribution in [2.75, 3.05) is 26.7 Å². The van der Waals surface area contributed by atoms with E-state index in [1.54, 1.807) is 17.2 Å². The maximum atomic E-state index is 12.3. The first-order valence-corrected chi connectivity index (χ1v) is 8.44. The fourth-order valence-corrected chi connectivity index (χ4v) is 3.77. The van der Waals surface area contributed by atoms with E-state index in [2.05, 4.69) is 15.5 Å². The molecule has 2 fully saturated rings. The summed E-state index contributed by atoms with van der Waals surface area (Å²) < 4.78 is 5.21. The molecule has 2 N–H and O–H groups in total. The van der Waals surface area contributed by atoms with E-state index in [9.17, 15) is 9.59 Å². The zero-order valence-corrected chi connectivity index (χ0v) is 14.5. The number of hydrogen-bond acceptors (Lipinski definition) is 4. The second-order valence-corrected chi connectivity index (χ2v) is 7.39. The van der Waals surface area contributed by atoms with Gasteiger partial charge in [0.25, 0.3) is 0 Å². The molecule has 1 spiro atoms. The van der Waals surface area contributed by atoms with Crippen molar-refractivity contribution in [2.24, 2.45) is 5.41 Å². The number of urea groups is 1. The summed E-state index contributed by atoms with van der Waals surface area (Å²) in [6.07, 6.45) is 2.40. The van der Waals surface area contributed by atoms with Crippen LogP contribution in [-0.4, -0.2) is 60.5 Å². The number of carbonyl (C=O) groups excluding carboxylic acids is 2. The molecule has 0 aliphatic carbocycles. The molecule has 0 unspecified atom stereocenters. The molecule has 7 heteroatoms. The Hall–Kier alpha value is -2.02. The molecule has 2 saturated heterocycles. The molecule has 0 bridgehead atoms. The van der Waals surface area contributed by atoms with Crippen LogP contribution < -0.4 is 10.6 Å². The van der Waals surface area contributed by atoms with Crippen LogP contribution in [0, 0.1) is 5.41 Å². The van der Waals surface area contributed by atoms with Crippen LogP contribution in [0.25, 0.3) is 0 Å². The van der Waals surface area contributed by atoms with Crippen molar-refractivity contribution >= 4 is 11.9 Å². The lowest BCUT2D eigenvalue weighted by Crippen LogP contribution is -2.61. The lowest BCUT2D eigenvalue weighted by atomic mass is 9.78. The van der Waals surface area contributed by atoms with Crippen molar-refractivity contribution in [3.8, 4) is 0 Å². The average Bonchev–Trinajstić information content (AvgIpc) is 3.09. The Bertz CT molecular complexity index is 593. The summed E-state index contributed by atoms with van der Waals surface area (Å²) in [6, 6.07) is 3.61. The molecule has 3 amide bonds. The quantitative estimate of drug-likeness (QED) is 0.862. The van der Waals surface area contributed by atoms with Crippen molar-refractivity contribution in [3.63, 3.8) is 0 Å². The topological polar surface area (TPSA) is 77.8 Å². The minimum absolute atomic E-state index is 0.0513. The number of nitrogens with one attached hydrogen (secondary N) is 2. The minimum atomic E-state index is -0.0965. The standard InChI is InChI=1S/C17H26N4O3/c1-12(2)19-15(22)14-7-17(9-20(14)3)10-21(11-17)16(23)18-8-13-5-4-6-24-13/h4-6,12,14H,7-11H2,1-3H3,(H,18,23)(H,19,22)/t14-/m0/s1. The number of carbonyl (C=O) groups is 2. The van der Waals surface area contributed by atoms with Gasteiger partial charge in [0.2, 0.25) is 5.91 Å². The minimum Gasteiger partial charge on any atom is -0.467 e. The zero-order chi connectivity index (χ0) is 17.3. The van der Waals surface area contributed by atoms with E-state index in [4.69, 9.17) is 4.42 Å². The van der Waals surface area contributed by atoms with Gasteiger partial charge < -0.3 is 20.0 Å². The Kier molecular flexibility index (Phi) is 4.54. The largest absolute Gasteiger partial charge is 0.467 e. The van der Waals surface area contributed by atoms with Gasteiger partial charge in [0.05, 0.1) is 18.8 Å². The van der Waals surface area contributed by atoms with Gasteiger partial charge in [-0.05, 0) is 39.4 Å². The zero-order valence-electron chi connectivity index (χ0n) is 14.5. The Morgan fingerprint density at radius 2 is 2.12 bits per heavy atom. The van der Waals surface area contributed by atoms with Gasteiger partial charge in [-0.2, -0.15) is 0 Å². The second kappa shape index (κ2) is 6.47. The molecule has 7 nitrogen and oxygen atoms in total. The van der Waals surface area contributed by atoms with Gasteiger partial charge >= 0.3 is 6.03 Å². The molecule has 3 rings (SSSR count). The monoisotopic (exact) mass is 334 g/mol. The van der Waals surface area contributed by atoms with Gasteiger partial charge in [0.1, 0.15) is 5.76 Å². The van der Waals surface area contributed by atoms with E-state index < -0.39 is 0 Å². The fourth-order valence-electron chi connectivity index (χ4n) is 3.77. The highest BCUT2D eigenvalue weighted by Crippen LogP contribution is 2.42. The Balaban J connectivity index is 1.48. The van der Waals surface area contributed by atoms with E-state index in [-0.39, 0.29) is 29.4 Å². The highest BCUT2D eigenvalue weighted by molar-refractivity contribution is 5.82. The number of likely N-dealkylation sites (N-methyl/N-ethyl adjacent to an activating group) is 1. The Morgan fingerprint density at radius 3 is 2.75 bits per heavy atom. The van der Waals surface area contributed by atoms with Crippen LogP contribution >= 0.6 is 0 Å². The molecule has 0 radical (unpaired) electrons. The van der Waals surface area contributed by atoms with Crippen LogP contribution in [-0.2, 0) is 11.3 Å². The molecule has 1 aromatic rings. The molecule has 0 aromatic carbocycles. The molecule has 132 valence electrons. The first-order valence-electron chi connectivity index (χ1n) is 8.44. The molecule has 0 saturated carbocycles. The highest BCUT2D eigenvalue weighted by Gasteiger charge is 2.53. The predicted octanol–water partition coefficient (Wildman–Crippen LogP) is 1.02. The Morgan fingerprint density at radius 1 is 1.38 bits per heavy atom. The van der Waals surface area contributed by atoms with E-state index in [1.807, 2.05) is 27.0 Å². The number of furan rings is 1. The van der Waals surface area contributed by atoms with Crippen molar-refractivity contribution < 1.29 is 14.0 Å². The lowest BCUT2D eigenvalue weighted by molar-refractivity contribution is -0.125. The van der Waals surface area contributed by atoms with Crippen molar-refractivity contribution in [2.45, 2.75) is 38.9 Å². The summed E-state index contributed by atoms with van der Waals surface area (Å²) in [5, 5.41) is 5.85. The first-order chi connectivity index (χ1) is 11.4. The summed E-state index contributed by atoms with van der Waals surface area (Å²) in [6.45, 7) is 6.59. The first kappa shape index (κ1) is 16.8. The maximum Gasteiger partial charge on any atom is 0.317 e. The molecule has 24 heavy (non-hydrogen) atoms. The normalized spacial score (nSPS) is 22.7. The molecule has 2 aliphatic rings. The summed E-state index contributed by atoms with van der Waals surface area (Å²) >= 11 is 0. The summed E-state index contributed by atoms with van der Waals surface area (Å²) in [5.74, 6) is 0.828. The highest BCUT2D eigenvalue weighted by atomic mass is 16.3. The smallest absolute Gasteiger partial charge is 0.317 e. The van der Waals surface area contributed by atoms with E-state index >= 15 is 0 Å². The van der Waals surface area contributed by atoms with Crippen LogP contribution in [0.2, 0.25) is 0 Å².